The molecular weight excluding hydrogens is 364 g/mol. The van der Waals surface area contributed by atoms with Gasteiger partial charge in [-0.1, -0.05) is 27.5 Å². The lowest BCUT2D eigenvalue weighted by Crippen LogP contribution is -2.23. The zero-order valence-electron chi connectivity index (χ0n) is 11.0. The van der Waals surface area contributed by atoms with E-state index in [1.165, 1.54) is 11.8 Å². The highest BCUT2D eigenvalue weighted by Gasteiger charge is 2.18. The lowest BCUT2D eigenvalue weighted by atomic mass is 10.2. The Balaban J connectivity index is 2.30. The van der Waals surface area contributed by atoms with Crippen LogP contribution in [-0.4, -0.2) is 44.5 Å². The molecule has 0 spiro atoms. The van der Waals surface area contributed by atoms with Gasteiger partial charge in [-0.2, -0.15) is 0 Å². The van der Waals surface area contributed by atoms with Crippen LogP contribution in [-0.2, 0) is 16.1 Å². The fourth-order valence-corrected chi connectivity index (χ4v) is 2.40. The van der Waals surface area contributed by atoms with E-state index in [0.29, 0.717) is 10.8 Å². The van der Waals surface area contributed by atoms with Gasteiger partial charge in [-0.25, -0.2) is 4.68 Å². The first kappa shape index (κ1) is 15.9. The molecule has 2 aromatic rings. The number of ether oxygens (including phenoxy) is 1. The third kappa shape index (κ3) is 3.99. The Labute approximate surface area is 134 Å². The van der Waals surface area contributed by atoms with Gasteiger partial charge in [-0.05, 0) is 28.6 Å². The highest BCUT2D eigenvalue weighted by atomic mass is 79.9. The smallest absolute Gasteiger partial charge is 0.306 e. The molecule has 21 heavy (non-hydrogen) atoms. The van der Waals surface area contributed by atoms with Crippen molar-refractivity contribution in [3.63, 3.8) is 0 Å². The number of carboxylic acid groups (broad SMARTS) is 1. The molecule has 0 fully saturated rings. The first-order valence-electron chi connectivity index (χ1n) is 5.97. The van der Waals surface area contributed by atoms with E-state index in [4.69, 9.17) is 21.4 Å². The van der Waals surface area contributed by atoms with E-state index in [-0.39, 0.29) is 13.0 Å². The second kappa shape index (κ2) is 6.97. The Morgan fingerprint density at radius 3 is 3.00 bits per heavy atom. The Morgan fingerprint density at radius 1 is 1.57 bits per heavy atom. The van der Waals surface area contributed by atoms with Crippen molar-refractivity contribution in [1.82, 2.24) is 20.2 Å². The van der Waals surface area contributed by atoms with Crippen LogP contribution in [0.25, 0.3) is 11.4 Å². The van der Waals surface area contributed by atoms with E-state index in [1.54, 1.807) is 18.2 Å². The Hall–Kier alpha value is -1.51. The number of rotatable bonds is 6. The molecule has 0 aliphatic carbocycles. The standard InChI is InChI=1S/C12H12BrClN4O3/c1-21-8(5-11(19)20)6-18-12(15-16-17-18)9-4-7(14)2-3-10(9)13/h2-4,8H,5-6H2,1H3,(H,19,20). The molecule has 0 aliphatic heterocycles. The third-order valence-electron chi connectivity index (χ3n) is 2.81. The van der Waals surface area contributed by atoms with Gasteiger partial charge in [0.25, 0.3) is 0 Å². The van der Waals surface area contributed by atoms with E-state index >= 15 is 0 Å². The van der Waals surface area contributed by atoms with E-state index in [2.05, 4.69) is 31.5 Å². The van der Waals surface area contributed by atoms with Crippen LogP contribution in [0.2, 0.25) is 5.02 Å². The van der Waals surface area contributed by atoms with Gasteiger partial charge >= 0.3 is 5.97 Å². The molecule has 0 saturated heterocycles. The molecule has 0 aliphatic rings. The zero-order chi connectivity index (χ0) is 15.4. The number of aliphatic carboxylic acids is 1. The van der Waals surface area contributed by atoms with Crippen LogP contribution in [0, 0.1) is 0 Å². The summed E-state index contributed by atoms with van der Waals surface area (Å²) in [6, 6.07) is 5.26. The van der Waals surface area contributed by atoms with Crippen LogP contribution in [0.5, 0.6) is 0 Å². The number of hydrogen-bond acceptors (Lipinski definition) is 5. The monoisotopic (exact) mass is 374 g/mol. The summed E-state index contributed by atoms with van der Waals surface area (Å²) in [5, 5.41) is 20.9. The van der Waals surface area contributed by atoms with E-state index in [9.17, 15) is 4.79 Å². The maximum atomic E-state index is 10.8. The molecule has 0 amide bonds. The first-order chi connectivity index (χ1) is 10.0. The van der Waals surface area contributed by atoms with Crippen LogP contribution in [0.15, 0.2) is 22.7 Å². The van der Waals surface area contributed by atoms with Crippen molar-refractivity contribution < 1.29 is 14.6 Å². The number of carboxylic acids is 1. The number of tetrazole rings is 1. The van der Waals surface area contributed by atoms with Gasteiger partial charge in [-0.15, -0.1) is 5.10 Å². The lowest BCUT2D eigenvalue weighted by Gasteiger charge is -2.14. The first-order valence-corrected chi connectivity index (χ1v) is 7.14. The van der Waals surface area contributed by atoms with Gasteiger partial charge < -0.3 is 9.84 Å². The summed E-state index contributed by atoms with van der Waals surface area (Å²) < 4.78 is 7.43. The summed E-state index contributed by atoms with van der Waals surface area (Å²) >= 11 is 9.40. The molecule has 1 aromatic heterocycles. The molecule has 0 bridgehead atoms. The molecule has 9 heteroatoms. The predicted molar refractivity (Wildman–Crippen MR) is 79.0 cm³/mol. The van der Waals surface area contributed by atoms with Crippen LogP contribution < -0.4 is 0 Å². The van der Waals surface area contributed by atoms with E-state index in [1.807, 2.05) is 0 Å². The van der Waals surface area contributed by atoms with Crippen molar-refractivity contribution >= 4 is 33.5 Å². The number of aromatic nitrogens is 4. The lowest BCUT2D eigenvalue weighted by molar-refractivity contribution is -0.139. The summed E-state index contributed by atoms with van der Waals surface area (Å²) in [5.74, 6) is -0.461. The van der Waals surface area contributed by atoms with Crippen molar-refractivity contribution in [3.8, 4) is 11.4 Å². The zero-order valence-corrected chi connectivity index (χ0v) is 13.4. The molecule has 1 aromatic carbocycles. The maximum Gasteiger partial charge on any atom is 0.306 e. The minimum atomic E-state index is -0.944. The van der Waals surface area contributed by atoms with Gasteiger partial charge in [0.1, 0.15) is 0 Å². The summed E-state index contributed by atoms with van der Waals surface area (Å²) in [5.41, 5.74) is 0.720. The van der Waals surface area contributed by atoms with Crippen molar-refractivity contribution in [1.29, 1.82) is 0 Å². The largest absolute Gasteiger partial charge is 0.481 e. The summed E-state index contributed by atoms with van der Waals surface area (Å²) in [6.45, 7) is 0.226. The number of hydrogen-bond donors (Lipinski definition) is 1. The average molecular weight is 376 g/mol. The van der Waals surface area contributed by atoms with Crippen LogP contribution in [0.3, 0.4) is 0 Å². The third-order valence-corrected chi connectivity index (χ3v) is 3.74. The molecule has 1 heterocycles. The fraction of sp³-hybridized carbons (Fsp3) is 0.333. The number of benzene rings is 1. The van der Waals surface area contributed by atoms with Crippen molar-refractivity contribution in [2.75, 3.05) is 7.11 Å². The Morgan fingerprint density at radius 2 is 2.33 bits per heavy atom. The van der Waals surface area contributed by atoms with Crippen molar-refractivity contribution in [2.45, 2.75) is 19.1 Å². The van der Waals surface area contributed by atoms with E-state index in [0.717, 1.165) is 10.0 Å². The van der Waals surface area contributed by atoms with Crippen LogP contribution >= 0.6 is 27.5 Å². The van der Waals surface area contributed by atoms with Gasteiger partial charge in [0.15, 0.2) is 5.82 Å². The Kier molecular flexibility index (Phi) is 5.27. The van der Waals surface area contributed by atoms with Crippen molar-refractivity contribution in [2.24, 2.45) is 0 Å². The number of methoxy groups -OCH3 is 1. The van der Waals surface area contributed by atoms with Gasteiger partial charge in [0, 0.05) is 22.2 Å². The summed E-state index contributed by atoms with van der Waals surface area (Å²) in [4.78, 5) is 10.8. The molecule has 0 saturated carbocycles. The summed E-state index contributed by atoms with van der Waals surface area (Å²) in [6.07, 6.45) is -0.658. The van der Waals surface area contributed by atoms with Gasteiger partial charge in [-0.3, -0.25) is 4.79 Å². The Bertz CT molecular complexity index is 649. The molecule has 1 atom stereocenters. The van der Waals surface area contributed by atoms with Crippen molar-refractivity contribution in [3.05, 3.63) is 27.7 Å². The summed E-state index contributed by atoms with van der Waals surface area (Å²) in [7, 11) is 1.45. The average Bonchev–Trinajstić information content (AvgIpc) is 2.88. The van der Waals surface area contributed by atoms with Gasteiger partial charge in [0.05, 0.1) is 19.1 Å². The number of carbonyl (C=O) groups is 1. The highest BCUT2D eigenvalue weighted by molar-refractivity contribution is 9.10. The normalized spacial score (nSPS) is 12.3. The minimum absolute atomic E-state index is 0.132. The molecular formula is C12H12BrClN4O3. The second-order valence-electron chi connectivity index (χ2n) is 4.26. The SMILES string of the molecule is COC(CC(=O)O)Cn1nnnc1-c1cc(Cl)ccc1Br. The fourth-order valence-electron chi connectivity index (χ4n) is 1.80. The van der Waals surface area contributed by atoms with Crippen LogP contribution in [0.4, 0.5) is 0 Å². The topological polar surface area (TPSA) is 90.1 Å². The molecule has 2 rings (SSSR count). The van der Waals surface area contributed by atoms with Crippen LogP contribution in [0.1, 0.15) is 6.42 Å². The van der Waals surface area contributed by atoms with Gasteiger partial charge in [0.2, 0.25) is 0 Å². The molecule has 112 valence electrons. The highest BCUT2D eigenvalue weighted by Crippen LogP contribution is 2.29. The number of nitrogens with zero attached hydrogens (tertiary/aromatic N) is 4. The molecule has 1 N–H and O–H groups in total. The van der Waals surface area contributed by atoms with E-state index < -0.39 is 12.1 Å². The second-order valence-corrected chi connectivity index (χ2v) is 5.56. The number of halogens is 2. The predicted octanol–water partition coefficient (Wildman–Crippen LogP) is 2.25. The molecule has 1 unspecified atom stereocenters. The molecule has 7 nitrogen and oxygen atoms in total. The quantitative estimate of drug-likeness (QED) is 0.833. The minimum Gasteiger partial charge on any atom is -0.481 e. The maximum absolute atomic E-state index is 10.8. The molecule has 0 radical (unpaired) electrons.